The number of hydrogen-bond acceptors (Lipinski definition) is 6. The van der Waals surface area contributed by atoms with Crippen molar-refractivity contribution < 1.29 is 14.4 Å². The first-order chi connectivity index (χ1) is 22.9. The van der Waals surface area contributed by atoms with Crippen molar-refractivity contribution in [3.63, 3.8) is 0 Å². The summed E-state index contributed by atoms with van der Waals surface area (Å²) in [5.41, 5.74) is 3.55. The highest BCUT2D eigenvalue weighted by Crippen LogP contribution is 2.39. The van der Waals surface area contributed by atoms with Gasteiger partial charge in [-0.05, 0) is 73.2 Å². The number of amides is 3. The van der Waals surface area contributed by atoms with Crippen molar-refractivity contribution in [2.75, 3.05) is 44.3 Å². The molecule has 248 valence electrons. The summed E-state index contributed by atoms with van der Waals surface area (Å²) in [6, 6.07) is 24.5. The van der Waals surface area contributed by atoms with Gasteiger partial charge in [0.15, 0.2) is 0 Å². The molecule has 0 radical (unpaired) electrons. The molecule has 2 unspecified atom stereocenters. The van der Waals surface area contributed by atoms with Crippen LogP contribution in [0.2, 0.25) is 5.02 Å². The highest BCUT2D eigenvalue weighted by molar-refractivity contribution is 6.30. The molecule has 3 aliphatic heterocycles. The summed E-state index contributed by atoms with van der Waals surface area (Å²) in [6.07, 6.45) is 3.00. The van der Waals surface area contributed by atoms with Crippen molar-refractivity contribution >= 4 is 35.0 Å². The molecular formula is C37H45ClN6O3. The number of carbonyl (C=O) groups is 3. The minimum atomic E-state index is -0.748. The quantitative estimate of drug-likeness (QED) is 0.272. The molecule has 2 saturated heterocycles. The number of fused-ring (bicyclic) bond motifs is 1. The molecule has 9 nitrogen and oxygen atoms in total. The molecule has 0 saturated carbocycles. The first kappa shape index (κ1) is 33.0. The van der Waals surface area contributed by atoms with Crippen molar-refractivity contribution in [1.29, 1.82) is 0 Å². The van der Waals surface area contributed by atoms with Crippen LogP contribution in [-0.4, -0.2) is 84.5 Å². The predicted molar refractivity (Wildman–Crippen MR) is 185 cm³/mol. The molecule has 3 aliphatic rings. The lowest BCUT2D eigenvalue weighted by Crippen LogP contribution is -2.60. The number of likely N-dealkylation sites (tertiary alicyclic amines) is 1. The highest BCUT2D eigenvalue weighted by atomic mass is 35.5. The number of anilines is 1. The Morgan fingerprint density at radius 3 is 2.38 bits per heavy atom. The first-order valence-corrected chi connectivity index (χ1v) is 17.2. The third-order valence-electron chi connectivity index (χ3n) is 9.84. The number of piperidine rings is 1. The highest BCUT2D eigenvalue weighted by Gasteiger charge is 2.54. The van der Waals surface area contributed by atoms with Crippen molar-refractivity contribution in [3.8, 4) is 0 Å². The van der Waals surface area contributed by atoms with Gasteiger partial charge in [-0.3, -0.25) is 14.4 Å². The number of para-hydroxylation sites is 1. The molecule has 3 aromatic carbocycles. The summed E-state index contributed by atoms with van der Waals surface area (Å²) in [5.74, 6) is -0.188. The number of halogens is 1. The number of nitrogens with one attached hydrogen (secondary N) is 3. The number of benzene rings is 3. The van der Waals surface area contributed by atoms with Crippen molar-refractivity contribution in [2.45, 2.75) is 63.2 Å². The van der Waals surface area contributed by atoms with Crippen LogP contribution in [-0.2, 0) is 33.8 Å². The van der Waals surface area contributed by atoms with Gasteiger partial charge in [0.25, 0.3) is 0 Å². The van der Waals surface area contributed by atoms with Crippen molar-refractivity contribution in [2.24, 2.45) is 0 Å². The van der Waals surface area contributed by atoms with E-state index in [9.17, 15) is 14.4 Å². The number of hydrogen-bond donors (Lipinski definition) is 3. The van der Waals surface area contributed by atoms with Gasteiger partial charge in [-0.1, -0.05) is 73.1 Å². The molecule has 0 aliphatic carbocycles. The summed E-state index contributed by atoms with van der Waals surface area (Å²) in [5, 5.41) is 10.5. The lowest BCUT2D eigenvalue weighted by molar-refractivity contribution is -0.141. The Bertz CT molecular complexity index is 1540. The molecule has 2 fully saturated rings. The second-order valence-corrected chi connectivity index (χ2v) is 13.3. The van der Waals surface area contributed by atoms with E-state index in [0.717, 1.165) is 36.3 Å². The topological polar surface area (TPSA) is 97.0 Å². The molecule has 0 aromatic heterocycles. The molecular weight excluding hydrogens is 612 g/mol. The van der Waals surface area contributed by atoms with Gasteiger partial charge in [0.05, 0.1) is 12.7 Å². The molecule has 6 rings (SSSR count). The van der Waals surface area contributed by atoms with E-state index in [2.05, 4.69) is 52.0 Å². The molecule has 47 heavy (non-hydrogen) atoms. The Morgan fingerprint density at radius 1 is 0.957 bits per heavy atom. The van der Waals surface area contributed by atoms with E-state index in [0.29, 0.717) is 63.6 Å². The summed E-state index contributed by atoms with van der Waals surface area (Å²) in [6.45, 7) is 6.43. The molecule has 2 atom stereocenters. The van der Waals surface area contributed by atoms with Crippen LogP contribution >= 0.6 is 11.6 Å². The van der Waals surface area contributed by atoms with E-state index in [1.165, 1.54) is 5.56 Å². The monoisotopic (exact) mass is 656 g/mol. The Kier molecular flexibility index (Phi) is 10.4. The third-order valence-corrected chi connectivity index (χ3v) is 10.1. The SMILES string of the molecule is CCCNCCN1CN(c2ccccc2)C2(CCN(C(=O)C(Cc3ccc(Cl)cc3)NC(=O)C3Cc4ccccc4CN3)CC2)C1=O. The summed E-state index contributed by atoms with van der Waals surface area (Å²) >= 11 is 6.15. The lowest BCUT2D eigenvalue weighted by Gasteiger charge is -2.44. The van der Waals surface area contributed by atoms with Gasteiger partial charge in [-0.15, -0.1) is 0 Å². The maximum atomic E-state index is 14.2. The second-order valence-electron chi connectivity index (χ2n) is 12.9. The average Bonchev–Trinajstić information content (AvgIpc) is 3.37. The van der Waals surface area contributed by atoms with Crippen LogP contribution in [0.25, 0.3) is 0 Å². The average molecular weight is 657 g/mol. The Hall–Kier alpha value is -3.92. The normalized spacial score (nSPS) is 19.5. The van der Waals surface area contributed by atoms with Gasteiger partial charge in [0.1, 0.15) is 11.6 Å². The molecule has 10 heteroatoms. The predicted octanol–water partition coefficient (Wildman–Crippen LogP) is 3.75. The molecule has 1 spiro atoms. The van der Waals surface area contributed by atoms with Crippen LogP contribution in [0.1, 0.15) is 42.9 Å². The summed E-state index contributed by atoms with van der Waals surface area (Å²) in [4.78, 5) is 48.0. The van der Waals surface area contributed by atoms with Gasteiger partial charge in [0, 0.05) is 49.9 Å². The molecule has 3 amide bonds. The lowest BCUT2D eigenvalue weighted by atomic mass is 9.85. The van der Waals surface area contributed by atoms with E-state index in [1.54, 1.807) is 12.1 Å². The molecule has 0 bridgehead atoms. The van der Waals surface area contributed by atoms with Crippen LogP contribution in [0.15, 0.2) is 78.9 Å². The first-order valence-electron chi connectivity index (χ1n) is 16.8. The van der Waals surface area contributed by atoms with E-state index in [1.807, 2.05) is 52.3 Å². The number of carbonyl (C=O) groups excluding carboxylic acids is 3. The zero-order valence-corrected chi connectivity index (χ0v) is 27.8. The van der Waals surface area contributed by atoms with Crippen LogP contribution in [0, 0.1) is 0 Å². The summed E-state index contributed by atoms with van der Waals surface area (Å²) < 4.78 is 0. The minimum absolute atomic E-state index is 0.126. The van der Waals surface area contributed by atoms with Crippen LogP contribution in [0.4, 0.5) is 5.69 Å². The number of rotatable bonds is 11. The fourth-order valence-corrected chi connectivity index (χ4v) is 7.30. The van der Waals surface area contributed by atoms with Gasteiger partial charge < -0.3 is 30.7 Å². The van der Waals surface area contributed by atoms with E-state index in [4.69, 9.17) is 11.6 Å². The zero-order valence-electron chi connectivity index (χ0n) is 27.1. The molecule has 3 aromatic rings. The van der Waals surface area contributed by atoms with Gasteiger partial charge in [0.2, 0.25) is 17.7 Å². The van der Waals surface area contributed by atoms with Crippen LogP contribution in [0.5, 0.6) is 0 Å². The fourth-order valence-electron chi connectivity index (χ4n) is 7.17. The van der Waals surface area contributed by atoms with E-state index in [-0.39, 0.29) is 17.7 Å². The third kappa shape index (κ3) is 7.32. The van der Waals surface area contributed by atoms with Crippen molar-refractivity contribution in [3.05, 3.63) is 101 Å². The number of nitrogens with zero attached hydrogens (tertiary/aromatic N) is 3. The van der Waals surface area contributed by atoms with Crippen molar-refractivity contribution in [1.82, 2.24) is 25.8 Å². The second kappa shape index (κ2) is 14.9. The van der Waals surface area contributed by atoms with Crippen LogP contribution in [0.3, 0.4) is 0 Å². The Balaban J connectivity index is 1.17. The Labute approximate surface area is 282 Å². The molecule has 3 heterocycles. The standard InChI is InChI=1S/C37H45ClN6O3/c1-2-18-39-19-22-43-26-44(31-10-4-3-5-11-31)37(36(43)47)16-20-42(21-17-37)35(46)33(23-27-12-14-30(38)15-13-27)41-34(45)32-24-28-8-6-7-9-29(28)25-40-32/h3-15,32-33,39-40H,2,16-26H2,1H3,(H,41,45). The van der Waals surface area contributed by atoms with Gasteiger partial charge in [-0.2, -0.15) is 0 Å². The van der Waals surface area contributed by atoms with E-state index >= 15 is 0 Å². The minimum Gasteiger partial charge on any atom is -0.343 e. The fraction of sp³-hybridized carbons (Fsp3) is 0.432. The van der Waals surface area contributed by atoms with Gasteiger partial charge >= 0.3 is 0 Å². The molecule has 3 N–H and O–H groups in total. The van der Waals surface area contributed by atoms with Crippen LogP contribution < -0.4 is 20.9 Å². The maximum absolute atomic E-state index is 14.2. The summed E-state index contributed by atoms with van der Waals surface area (Å²) in [7, 11) is 0. The van der Waals surface area contributed by atoms with E-state index < -0.39 is 17.6 Å². The largest absolute Gasteiger partial charge is 0.343 e. The smallest absolute Gasteiger partial charge is 0.250 e. The van der Waals surface area contributed by atoms with Gasteiger partial charge in [-0.25, -0.2) is 0 Å². The maximum Gasteiger partial charge on any atom is 0.250 e. The zero-order chi connectivity index (χ0) is 32.8. The Morgan fingerprint density at radius 2 is 1.66 bits per heavy atom.